The van der Waals surface area contributed by atoms with E-state index in [1.807, 2.05) is 12.1 Å². The summed E-state index contributed by atoms with van der Waals surface area (Å²) in [4.78, 5) is 0. The zero-order valence-electron chi connectivity index (χ0n) is 12.3. The summed E-state index contributed by atoms with van der Waals surface area (Å²) in [5.41, 5.74) is 1.75. The highest BCUT2D eigenvalue weighted by atomic mass is 19.1. The van der Waals surface area contributed by atoms with E-state index in [1.165, 1.54) is 6.07 Å². The minimum atomic E-state index is -0.177. The molecule has 0 spiro atoms. The summed E-state index contributed by atoms with van der Waals surface area (Å²) in [6.07, 6.45) is 2.32. The fourth-order valence-electron chi connectivity index (χ4n) is 2.06. The lowest BCUT2D eigenvalue weighted by Gasteiger charge is -2.12. The monoisotopic (exact) mass is 267 g/mol. The van der Waals surface area contributed by atoms with E-state index in [1.54, 1.807) is 0 Å². The van der Waals surface area contributed by atoms with Gasteiger partial charge in [-0.15, -0.1) is 0 Å². The Kier molecular flexibility index (Phi) is 7.68. The molecule has 3 heteroatoms. The van der Waals surface area contributed by atoms with Gasteiger partial charge in [-0.3, -0.25) is 0 Å². The number of nitrogens with one attached hydrogen (secondary N) is 1. The van der Waals surface area contributed by atoms with Crippen LogP contribution >= 0.6 is 0 Å². The molecule has 1 N–H and O–H groups in total. The average molecular weight is 267 g/mol. The van der Waals surface area contributed by atoms with Gasteiger partial charge in [0.1, 0.15) is 5.82 Å². The Morgan fingerprint density at radius 1 is 1.32 bits per heavy atom. The molecule has 0 aliphatic heterocycles. The van der Waals surface area contributed by atoms with Gasteiger partial charge in [0.25, 0.3) is 0 Å². The van der Waals surface area contributed by atoms with Crippen LogP contribution in [-0.4, -0.2) is 13.2 Å². The largest absolute Gasteiger partial charge is 0.376 e. The van der Waals surface area contributed by atoms with Crippen molar-refractivity contribution in [1.82, 2.24) is 5.32 Å². The third-order valence-corrected chi connectivity index (χ3v) is 3.13. The first-order valence-electron chi connectivity index (χ1n) is 7.23. The van der Waals surface area contributed by atoms with E-state index in [2.05, 4.69) is 26.1 Å². The first kappa shape index (κ1) is 16.1. The molecule has 0 aliphatic rings. The van der Waals surface area contributed by atoms with Crippen molar-refractivity contribution in [3.8, 4) is 0 Å². The van der Waals surface area contributed by atoms with Crippen molar-refractivity contribution in [3.63, 3.8) is 0 Å². The van der Waals surface area contributed by atoms with Crippen molar-refractivity contribution in [2.45, 2.75) is 46.8 Å². The SMILES string of the molecule is CCCC(C)COCc1cc(CNCC)ccc1F. The topological polar surface area (TPSA) is 21.3 Å². The number of halogens is 1. The van der Waals surface area contributed by atoms with Gasteiger partial charge < -0.3 is 10.1 Å². The van der Waals surface area contributed by atoms with Crippen molar-refractivity contribution in [2.75, 3.05) is 13.2 Å². The maximum absolute atomic E-state index is 13.7. The van der Waals surface area contributed by atoms with Gasteiger partial charge >= 0.3 is 0 Å². The molecule has 19 heavy (non-hydrogen) atoms. The fourth-order valence-corrected chi connectivity index (χ4v) is 2.06. The van der Waals surface area contributed by atoms with Gasteiger partial charge in [0.2, 0.25) is 0 Å². The van der Waals surface area contributed by atoms with Crippen molar-refractivity contribution < 1.29 is 9.13 Å². The molecule has 1 rings (SSSR count). The third kappa shape index (κ3) is 6.17. The lowest BCUT2D eigenvalue weighted by molar-refractivity contribution is 0.0874. The van der Waals surface area contributed by atoms with E-state index in [0.29, 0.717) is 24.7 Å². The maximum Gasteiger partial charge on any atom is 0.128 e. The van der Waals surface area contributed by atoms with Crippen molar-refractivity contribution in [3.05, 3.63) is 35.1 Å². The van der Waals surface area contributed by atoms with E-state index in [9.17, 15) is 4.39 Å². The highest BCUT2D eigenvalue weighted by molar-refractivity contribution is 5.24. The molecule has 0 aromatic heterocycles. The Morgan fingerprint density at radius 2 is 2.11 bits per heavy atom. The first-order chi connectivity index (χ1) is 9.17. The van der Waals surface area contributed by atoms with E-state index >= 15 is 0 Å². The Hall–Kier alpha value is -0.930. The smallest absolute Gasteiger partial charge is 0.128 e. The van der Waals surface area contributed by atoms with E-state index in [4.69, 9.17) is 4.74 Å². The van der Waals surface area contributed by atoms with Gasteiger partial charge in [-0.25, -0.2) is 4.39 Å². The normalized spacial score (nSPS) is 12.6. The first-order valence-corrected chi connectivity index (χ1v) is 7.23. The van der Waals surface area contributed by atoms with Crippen LogP contribution in [0.3, 0.4) is 0 Å². The second kappa shape index (κ2) is 9.05. The second-order valence-electron chi connectivity index (χ2n) is 5.12. The predicted octanol–water partition coefficient (Wildman–Crippen LogP) is 3.89. The molecule has 108 valence electrons. The Bertz CT molecular complexity index is 368. The summed E-state index contributed by atoms with van der Waals surface area (Å²) >= 11 is 0. The molecular formula is C16H26FNO. The van der Waals surface area contributed by atoms with Gasteiger partial charge in [0.05, 0.1) is 6.61 Å². The lowest BCUT2D eigenvalue weighted by atomic mass is 10.1. The summed E-state index contributed by atoms with van der Waals surface area (Å²) in [6, 6.07) is 5.24. The number of hydrogen-bond acceptors (Lipinski definition) is 2. The van der Waals surface area contributed by atoms with Crippen LogP contribution in [0.2, 0.25) is 0 Å². The minimum absolute atomic E-state index is 0.177. The summed E-state index contributed by atoms with van der Waals surface area (Å²) in [5.74, 6) is 0.362. The Morgan fingerprint density at radius 3 is 2.79 bits per heavy atom. The molecule has 0 aliphatic carbocycles. The van der Waals surface area contributed by atoms with Crippen LogP contribution in [0.1, 0.15) is 44.7 Å². The van der Waals surface area contributed by atoms with Gasteiger partial charge in [-0.2, -0.15) is 0 Å². The molecule has 2 nitrogen and oxygen atoms in total. The molecule has 0 heterocycles. The Balaban J connectivity index is 2.47. The van der Waals surface area contributed by atoms with Gasteiger partial charge in [0, 0.05) is 18.7 Å². The Labute approximate surface area is 116 Å². The molecule has 0 amide bonds. The predicted molar refractivity (Wildman–Crippen MR) is 77.5 cm³/mol. The minimum Gasteiger partial charge on any atom is -0.376 e. The summed E-state index contributed by atoms with van der Waals surface area (Å²) in [6.45, 7) is 9.14. The van der Waals surface area contributed by atoms with E-state index in [-0.39, 0.29) is 5.82 Å². The molecule has 0 radical (unpaired) electrons. The quantitative estimate of drug-likeness (QED) is 0.733. The zero-order chi connectivity index (χ0) is 14.1. The van der Waals surface area contributed by atoms with Crippen LogP contribution in [0, 0.1) is 11.7 Å². The summed E-state index contributed by atoms with van der Waals surface area (Å²) in [5, 5.41) is 3.24. The number of hydrogen-bond donors (Lipinski definition) is 1. The van der Waals surface area contributed by atoms with Crippen LogP contribution in [-0.2, 0) is 17.9 Å². The molecule has 0 fully saturated rings. The van der Waals surface area contributed by atoms with Crippen molar-refractivity contribution in [1.29, 1.82) is 0 Å². The van der Waals surface area contributed by atoms with E-state index < -0.39 is 0 Å². The standard InChI is InChI=1S/C16H26FNO/c1-4-6-13(3)11-19-12-15-9-14(10-18-5-2)7-8-16(15)17/h7-9,13,18H,4-6,10-12H2,1-3H3. The number of benzene rings is 1. The van der Waals surface area contributed by atoms with Crippen LogP contribution in [0.25, 0.3) is 0 Å². The van der Waals surface area contributed by atoms with E-state index in [0.717, 1.165) is 31.5 Å². The summed E-state index contributed by atoms with van der Waals surface area (Å²) < 4.78 is 19.3. The highest BCUT2D eigenvalue weighted by Gasteiger charge is 2.06. The summed E-state index contributed by atoms with van der Waals surface area (Å²) in [7, 11) is 0. The van der Waals surface area contributed by atoms with Crippen molar-refractivity contribution in [2.24, 2.45) is 5.92 Å². The molecule has 1 atom stereocenters. The fraction of sp³-hybridized carbons (Fsp3) is 0.625. The lowest BCUT2D eigenvalue weighted by Crippen LogP contribution is -2.12. The van der Waals surface area contributed by atoms with Crippen LogP contribution in [0.4, 0.5) is 4.39 Å². The molecule has 1 aromatic rings. The second-order valence-corrected chi connectivity index (χ2v) is 5.12. The zero-order valence-corrected chi connectivity index (χ0v) is 12.3. The highest BCUT2D eigenvalue weighted by Crippen LogP contribution is 2.13. The molecule has 0 bridgehead atoms. The average Bonchev–Trinajstić information content (AvgIpc) is 2.39. The third-order valence-electron chi connectivity index (χ3n) is 3.13. The molecule has 1 aromatic carbocycles. The van der Waals surface area contributed by atoms with Crippen LogP contribution < -0.4 is 5.32 Å². The maximum atomic E-state index is 13.7. The molecular weight excluding hydrogens is 241 g/mol. The van der Waals surface area contributed by atoms with Crippen molar-refractivity contribution >= 4 is 0 Å². The number of ether oxygens (including phenoxy) is 1. The van der Waals surface area contributed by atoms with Crippen LogP contribution in [0.15, 0.2) is 18.2 Å². The van der Waals surface area contributed by atoms with Crippen LogP contribution in [0.5, 0.6) is 0 Å². The van der Waals surface area contributed by atoms with Gasteiger partial charge in [-0.05, 0) is 36.6 Å². The molecule has 0 saturated carbocycles. The molecule has 0 saturated heterocycles. The molecule has 1 unspecified atom stereocenters. The number of rotatable bonds is 9. The van der Waals surface area contributed by atoms with Gasteiger partial charge in [-0.1, -0.05) is 33.3 Å². The van der Waals surface area contributed by atoms with Gasteiger partial charge in [0.15, 0.2) is 0 Å².